The van der Waals surface area contributed by atoms with E-state index in [1.54, 1.807) is 14.2 Å². The molecule has 0 spiro atoms. The second-order valence-corrected chi connectivity index (χ2v) is 7.24. The molecule has 2 rings (SSSR count). The van der Waals surface area contributed by atoms with Gasteiger partial charge in [0.2, 0.25) is 5.91 Å². The summed E-state index contributed by atoms with van der Waals surface area (Å²) < 4.78 is 10.6. The predicted octanol–water partition coefficient (Wildman–Crippen LogP) is 4.27. The Bertz CT molecular complexity index is 865. The quantitative estimate of drug-likeness (QED) is 0.423. The van der Waals surface area contributed by atoms with Crippen molar-refractivity contribution in [3.8, 4) is 11.5 Å². The maximum absolute atomic E-state index is 12.0. The number of hydrogen-bond donors (Lipinski definition) is 3. The van der Waals surface area contributed by atoms with E-state index < -0.39 is 0 Å². The van der Waals surface area contributed by atoms with Gasteiger partial charge in [0.15, 0.2) is 17.5 Å². The summed E-state index contributed by atoms with van der Waals surface area (Å²) >= 11 is 0. The number of anilines is 2. The first-order valence-electron chi connectivity index (χ1n) is 10.1. The van der Waals surface area contributed by atoms with Crippen molar-refractivity contribution in [2.45, 2.75) is 33.7 Å². The van der Waals surface area contributed by atoms with Crippen molar-refractivity contribution < 1.29 is 14.3 Å². The Morgan fingerprint density at radius 3 is 2.40 bits per heavy atom. The number of rotatable bonds is 9. The van der Waals surface area contributed by atoms with Gasteiger partial charge in [-0.15, -0.1) is 0 Å². The second kappa shape index (κ2) is 11.7. The van der Waals surface area contributed by atoms with E-state index in [4.69, 9.17) is 9.47 Å². The molecule has 0 saturated heterocycles. The Morgan fingerprint density at radius 1 is 1.00 bits per heavy atom. The smallest absolute Gasteiger partial charge is 0.224 e. The molecule has 7 nitrogen and oxygen atoms in total. The summed E-state index contributed by atoms with van der Waals surface area (Å²) in [4.78, 5) is 16.7. The first-order chi connectivity index (χ1) is 14.4. The summed E-state index contributed by atoms with van der Waals surface area (Å²) in [6.07, 6.45) is 0.502. The molecule has 0 aliphatic rings. The lowest BCUT2D eigenvalue weighted by Crippen LogP contribution is -2.30. The fourth-order valence-electron chi connectivity index (χ4n) is 2.86. The minimum absolute atomic E-state index is 0.0223. The van der Waals surface area contributed by atoms with Crippen molar-refractivity contribution in [3.63, 3.8) is 0 Å². The first-order valence-corrected chi connectivity index (χ1v) is 10.1. The van der Waals surface area contributed by atoms with E-state index in [9.17, 15) is 4.79 Å². The number of nitrogens with one attached hydrogen (secondary N) is 3. The number of methoxy groups -OCH3 is 2. The number of hydrogen-bond acceptors (Lipinski definition) is 4. The minimum Gasteiger partial charge on any atom is -0.493 e. The highest BCUT2D eigenvalue weighted by Crippen LogP contribution is 2.29. The summed E-state index contributed by atoms with van der Waals surface area (Å²) in [5, 5.41) is 9.46. The average molecular weight is 413 g/mol. The van der Waals surface area contributed by atoms with E-state index in [0.717, 1.165) is 23.5 Å². The molecule has 0 aromatic heterocycles. The van der Waals surface area contributed by atoms with Crippen LogP contribution >= 0.6 is 0 Å². The van der Waals surface area contributed by atoms with Gasteiger partial charge in [0, 0.05) is 30.4 Å². The number of aliphatic imine (C=N–C) groups is 1. The number of carbonyl (C=O) groups excluding carboxylic acids is 1. The van der Waals surface area contributed by atoms with E-state index in [1.165, 1.54) is 0 Å². The number of ether oxygens (including phenoxy) is 2. The molecule has 1 amide bonds. The van der Waals surface area contributed by atoms with E-state index in [0.29, 0.717) is 36.3 Å². The topological polar surface area (TPSA) is 84.0 Å². The van der Waals surface area contributed by atoms with E-state index >= 15 is 0 Å². The molecule has 0 atom stereocenters. The third kappa shape index (κ3) is 7.31. The molecule has 162 valence electrons. The van der Waals surface area contributed by atoms with Crippen LogP contribution in [-0.2, 0) is 11.3 Å². The van der Waals surface area contributed by atoms with Gasteiger partial charge in [0.05, 0.1) is 20.8 Å². The van der Waals surface area contributed by atoms with Crippen LogP contribution in [0, 0.1) is 5.92 Å². The predicted molar refractivity (Wildman–Crippen MR) is 123 cm³/mol. The Morgan fingerprint density at radius 2 is 1.73 bits per heavy atom. The monoisotopic (exact) mass is 412 g/mol. The maximum Gasteiger partial charge on any atom is 0.224 e. The van der Waals surface area contributed by atoms with Crippen molar-refractivity contribution >= 4 is 23.2 Å². The van der Waals surface area contributed by atoms with Gasteiger partial charge < -0.3 is 25.4 Å². The number of benzene rings is 2. The van der Waals surface area contributed by atoms with Gasteiger partial charge in [-0.25, -0.2) is 4.99 Å². The van der Waals surface area contributed by atoms with Gasteiger partial charge in [-0.1, -0.05) is 26.0 Å². The maximum atomic E-state index is 12.0. The highest BCUT2D eigenvalue weighted by Gasteiger charge is 2.07. The van der Waals surface area contributed by atoms with Crippen LogP contribution in [0.15, 0.2) is 47.5 Å². The van der Waals surface area contributed by atoms with E-state index in [-0.39, 0.29) is 5.91 Å². The molecule has 0 fully saturated rings. The van der Waals surface area contributed by atoms with E-state index in [1.807, 2.05) is 63.2 Å². The van der Waals surface area contributed by atoms with Crippen molar-refractivity contribution in [1.29, 1.82) is 0 Å². The summed E-state index contributed by atoms with van der Waals surface area (Å²) in [6.45, 7) is 7.26. The fraction of sp³-hybridized carbons (Fsp3) is 0.391. The molecule has 0 heterocycles. The Kier molecular flexibility index (Phi) is 9.00. The third-order valence-electron chi connectivity index (χ3n) is 4.21. The molecular formula is C23H32N4O3. The molecule has 0 aliphatic heterocycles. The minimum atomic E-state index is 0.0223. The van der Waals surface area contributed by atoms with Gasteiger partial charge >= 0.3 is 0 Å². The zero-order valence-electron chi connectivity index (χ0n) is 18.4. The highest BCUT2D eigenvalue weighted by atomic mass is 16.5. The second-order valence-electron chi connectivity index (χ2n) is 7.24. The summed E-state index contributed by atoms with van der Waals surface area (Å²) in [5.74, 6) is 2.31. The van der Waals surface area contributed by atoms with Crippen LogP contribution in [-0.4, -0.2) is 32.6 Å². The van der Waals surface area contributed by atoms with Crippen molar-refractivity contribution in [2.24, 2.45) is 10.9 Å². The molecule has 0 unspecified atom stereocenters. The van der Waals surface area contributed by atoms with Gasteiger partial charge in [-0.3, -0.25) is 4.79 Å². The number of amides is 1. The molecule has 0 radical (unpaired) electrons. The lowest BCUT2D eigenvalue weighted by atomic mass is 10.1. The zero-order chi connectivity index (χ0) is 21.9. The highest BCUT2D eigenvalue weighted by molar-refractivity contribution is 5.94. The molecule has 2 aromatic carbocycles. The summed E-state index contributed by atoms with van der Waals surface area (Å²) in [7, 11) is 3.21. The van der Waals surface area contributed by atoms with Gasteiger partial charge in [0.25, 0.3) is 0 Å². The van der Waals surface area contributed by atoms with Crippen LogP contribution in [0.1, 0.15) is 32.8 Å². The molecule has 0 bridgehead atoms. The molecule has 3 N–H and O–H groups in total. The van der Waals surface area contributed by atoms with Gasteiger partial charge in [0.1, 0.15) is 0 Å². The van der Waals surface area contributed by atoms with Gasteiger partial charge in [-0.05, 0) is 42.7 Å². The van der Waals surface area contributed by atoms with E-state index in [2.05, 4.69) is 20.9 Å². The molecule has 0 saturated carbocycles. The van der Waals surface area contributed by atoms with Crippen LogP contribution < -0.4 is 25.4 Å². The standard InChI is InChI=1S/C23H32N4O3/c1-6-24-23(27-19-10-11-20(29-4)21(14-19)30-5)25-15-17-8-7-9-18(13-17)26-22(28)12-16(2)3/h7-11,13-14,16H,6,12,15H2,1-5H3,(H,26,28)(H2,24,25,27). The summed E-state index contributed by atoms with van der Waals surface area (Å²) in [6, 6.07) is 13.3. The lowest BCUT2D eigenvalue weighted by Gasteiger charge is -2.14. The molecular weight excluding hydrogens is 380 g/mol. The van der Waals surface area contributed by atoms with Crippen LogP contribution in [0.25, 0.3) is 0 Å². The van der Waals surface area contributed by atoms with Gasteiger partial charge in [-0.2, -0.15) is 0 Å². The Labute approximate surface area is 178 Å². The molecule has 7 heteroatoms. The first kappa shape index (κ1) is 23.1. The number of carbonyl (C=O) groups is 1. The Hall–Kier alpha value is -3.22. The molecule has 2 aromatic rings. The van der Waals surface area contributed by atoms with Crippen molar-refractivity contribution in [1.82, 2.24) is 5.32 Å². The Balaban J connectivity index is 2.09. The van der Waals surface area contributed by atoms with Crippen LogP contribution in [0.5, 0.6) is 11.5 Å². The lowest BCUT2D eigenvalue weighted by molar-refractivity contribution is -0.116. The fourth-order valence-corrected chi connectivity index (χ4v) is 2.86. The van der Waals surface area contributed by atoms with Crippen LogP contribution in [0.4, 0.5) is 11.4 Å². The molecule has 30 heavy (non-hydrogen) atoms. The van der Waals surface area contributed by atoms with Crippen LogP contribution in [0.2, 0.25) is 0 Å². The number of guanidine groups is 1. The largest absolute Gasteiger partial charge is 0.493 e. The van der Waals surface area contributed by atoms with Crippen molar-refractivity contribution in [3.05, 3.63) is 48.0 Å². The molecule has 0 aliphatic carbocycles. The third-order valence-corrected chi connectivity index (χ3v) is 4.21. The summed E-state index contributed by atoms with van der Waals surface area (Å²) in [5.41, 5.74) is 2.62. The zero-order valence-corrected chi connectivity index (χ0v) is 18.4. The normalized spacial score (nSPS) is 11.2. The average Bonchev–Trinajstić information content (AvgIpc) is 2.71. The van der Waals surface area contributed by atoms with Crippen LogP contribution in [0.3, 0.4) is 0 Å². The SMILES string of the molecule is CCNC(=NCc1cccc(NC(=O)CC(C)C)c1)Nc1ccc(OC)c(OC)c1. The number of nitrogens with zero attached hydrogens (tertiary/aromatic N) is 1. The van der Waals surface area contributed by atoms with Crippen molar-refractivity contribution in [2.75, 3.05) is 31.4 Å².